The van der Waals surface area contributed by atoms with E-state index in [9.17, 15) is 14.0 Å². The summed E-state index contributed by atoms with van der Waals surface area (Å²) in [6.45, 7) is 1.35. The summed E-state index contributed by atoms with van der Waals surface area (Å²) in [4.78, 5) is 25.5. The van der Waals surface area contributed by atoms with Crippen molar-refractivity contribution in [2.45, 2.75) is 32.1 Å². The van der Waals surface area contributed by atoms with Crippen LogP contribution >= 0.6 is 0 Å². The molecule has 0 spiro atoms. The molecule has 1 aliphatic heterocycles. The molecule has 1 aliphatic rings. The Kier molecular flexibility index (Phi) is 7.22. The fraction of sp³-hybridized carbons (Fsp3) is 0.391. The molecule has 0 unspecified atom stereocenters. The van der Waals surface area contributed by atoms with Gasteiger partial charge in [-0.15, -0.1) is 0 Å². The first kappa shape index (κ1) is 20.8. The normalized spacial score (nSPS) is 14.5. The van der Waals surface area contributed by atoms with Crippen LogP contribution in [0.25, 0.3) is 0 Å². The predicted octanol–water partition coefficient (Wildman–Crippen LogP) is 3.99. The van der Waals surface area contributed by atoms with Crippen LogP contribution in [0.3, 0.4) is 0 Å². The van der Waals surface area contributed by atoms with Crippen LogP contribution in [0.4, 0.5) is 14.9 Å². The number of likely N-dealkylation sites (tertiary alicyclic amines) is 1. The molecule has 1 fully saturated rings. The van der Waals surface area contributed by atoms with Gasteiger partial charge in [-0.1, -0.05) is 36.4 Å². The first-order valence-electron chi connectivity index (χ1n) is 10.1. The van der Waals surface area contributed by atoms with E-state index in [1.165, 1.54) is 11.6 Å². The Morgan fingerprint density at radius 1 is 1.03 bits per heavy atom. The summed E-state index contributed by atoms with van der Waals surface area (Å²) in [5.74, 6) is 0.165. The van der Waals surface area contributed by atoms with Crippen LogP contribution in [0.2, 0.25) is 0 Å². The SMILES string of the molecule is CNC(=O)CCc1ccc(CC2CCN(C(=O)Nc3ccccc3F)CC2)cc1. The van der Waals surface area contributed by atoms with Gasteiger partial charge < -0.3 is 15.5 Å². The molecule has 2 aromatic rings. The smallest absolute Gasteiger partial charge is 0.321 e. The van der Waals surface area contributed by atoms with Crippen LogP contribution in [0.5, 0.6) is 0 Å². The summed E-state index contributed by atoms with van der Waals surface area (Å²) in [6.07, 6.45) is 4.10. The van der Waals surface area contributed by atoms with Gasteiger partial charge in [-0.3, -0.25) is 4.79 Å². The molecule has 2 aromatic carbocycles. The molecule has 3 amide bonds. The zero-order valence-corrected chi connectivity index (χ0v) is 16.8. The summed E-state index contributed by atoms with van der Waals surface area (Å²) >= 11 is 0. The second-order valence-corrected chi connectivity index (χ2v) is 7.53. The van der Waals surface area contributed by atoms with E-state index in [0.717, 1.165) is 31.2 Å². The van der Waals surface area contributed by atoms with Gasteiger partial charge in [-0.25, -0.2) is 9.18 Å². The van der Waals surface area contributed by atoms with E-state index in [1.807, 2.05) is 0 Å². The minimum Gasteiger partial charge on any atom is -0.359 e. The van der Waals surface area contributed by atoms with Gasteiger partial charge in [0.15, 0.2) is 0 Å². The maximum Gasteiger partial charge on any atom is 0.321 e. The van der Waals surface area contributed by atoms with Crippen molar-refractivity contribution in [3.8, 4) is 0 Å². The lowest BCUT2D eigenvalue weighted by Crippen LogP contribution is -2.41. The lowest BCUT2D eigenvalue weighted by Gasteiger charge is -2.32. The molecule has 0 atom stereocenters. The molecule has 3 rings (SSSR count). The number of rotatable bonds is 6. The van der Waals surface area contributed by atoms with Crippen molar-refractivity contribution in [2.24, 2.45) is 5.92 Å². The van der Waals surface area contributed by atoms with Gasteiger partial charge in [0.1, 0.15) is 5.82 Å². The molecule has 0 aromatic heterocycles. The van der Waals surface area contributed by atoms with Crippen molar-refractivity contribution < 1.29 is 14.0 Å². The molecule has 2 N–H and O–H groups in total. The Balaban J connectivity index is 1.44. The number of nitrogens with one attached hydrogen (secondary N) is 2. The number of nitrogens with zero attached hydrogens (tertiary/aromatic N) is 1. The second-order valence-electron chi connectivity index (χ2n) is 7.53. The van der Waals surface area contributed by atoms with Crippen molar-refractivity contribution in [1.29, 1.82) is 0 Å². The molecule has 0 aliphatic carbocycles. The third kappa shape index (κ3) is 6.04. The van der Waals surface area contributed by atoms with Gasteiger partial charge in [-0.2, -0.15) is 0 Å². The first-order chi connectivity index (χ1) is 14.0. The summed E-state index contributed by atoms with van der Waals surface area (Å²) in [6, 6.07) is 14.4. The number of amides is 3. The molecule has 154 valence electrons. The monoisotopic (exact) mass is 397 g/mol. The maximum atomic E-state index is 13.7. The molecule has 1 saturated heterocycles. The number of para-hydroxylation sites is 1. The molecule has 5 nitrogen and oxygen atoms in total. The van der Waals surface area contributed by atoms with Gasteiger partial charge >= 0.3 is 6.03 Å². The van der Waals surface area contributed by atoms with E-state index in [1.54, 1.807) is 30.1 Å². The number of hydrogen-bond acceptors (Lipinski definition) is 2. The number of hydrogen-bond donors (Lipinski definition) is 2. The van der Waals surface area contributed by atoms with E-state index in [0.29, 0.717) is 25.4 Å². The number of urea groups is 1. The standard InChI is InChI=1S/C23H28FN3O2/c1-25-22(28)11-10-17-6-8-18(9-7-17)16-19-12-14-27(15-13-19)23(29)26-21-5-3-2-4-20(21)24/h2-9,19H,10-16H2,1H3,(H,25,28)(H,26,29). The minimum absolute atomic E-state index is 0.0554. The fourth-order valence-corrected chi connectivity index (χ4v) is 3.66. The minimum atomic E-state index is -0.422. The highest BCUT2D eigenvalue weighted by molar-refractivity contribution is 5.89. The van der Waals surface area contributed by atoms with Crippen molar-refractivity contribution >= 4 is 17.6 Å². The Labute approximate surface area is 171 Å². The summed E-state index contributed by atoms with van der Waals surface area (Å²) in [5, 5.41) is 5.30. The molecule has 0 saturated carbocycles. The average Bonchev–Trinajstić information content (AvgIpc) is 2.75. The van der Waals surface area contributed by atoms with Gasteiger partial charge in [0, 0.05) is 26.6 Å². The van der Waals surface area contributed by atoms with E-state index in [2.05, 4.69) is 34.9 Å². The molecular formula is C23H28FN3O2. The van der Waals surface area contributed by atoms with Crippen LogP contribution in [-0.2, 0) is 17.6 Å². The Bertz CT molecular complexity index is 830. The van der Waals surface area contributed by atoms with Crippen molar-refractivity contribution in [2.75, 3.05) is 25.5 Å². The Hall–Kier alpha value is -2.89. The van der Waals surface area contributed by atoms with Crippen LogP contribution in [0.15, 0.2) is 48.5 Å². The quantitative estimate of drug-likeness (QED) is 0.774. The Morgan fingerprint density at radius 3 is 2.34 bits per heavy atom. The molecule has 0 radical (unpaired) electrons. The topological polar surface area (TPSA) is 61.4 Å². The molecule has 1 heterocycles. The van der Waals surface area contributed by atoms with Crippen molar-refractivity contribution in [1.82, 2.24) is 10.2 Å². The average molecular weight is 397 g/mol. The Morgan fingerprint density at radius 2 is 1.69 bits per heavy atom. The zero-order chi connectivity index (χ0) is 20.6. The number of benzene rings is 2. The lowest BCUT2D eigenvalue weighted by molar-refractivity contribution is -0.120. The van der Waals surface area contributed by atoms with Crippen LogP contribution in [0, 0.1) is 11.7 Å². The largest absolute Gasteiger partial charge is 0.359 e. The van der Waals surface area contributed by atoms with Gasteiger partial charge in [0.05, 0.1) is 5.69 Å². The highest BCUT2D eigenvalue weighted by Crippen LogP contribution is 2.23. The second kappa shape index (κ2) is 10.0. The summed E-state index contributed by atoms with van der Waals surface area (Å²) in [5.41, 5.74) is 2.66. The third-order valence-electron chi connectivity index (χ3n) is 5.48. The molecule has 6 heteroatoms. The third-order valence-corrected chi connectivity index (χ3v) is 5.48. The van der Waals surface area contributed by atoms with E-state index in [4.69, 9.17) is 0 Å². The number of carbonyl (C=O) groups excluding carboxylic acids is 2. The number of aryl methyl sites for hydroxylation is 1. The van der Waals surface area contributed by atoms with Gasteiger partial charge in [0.2, 0.25) is 5.91 Å². The van der Waals surface area contributed by atoms with E-state index in [-0.39, 0.29) is 17.6 Å². The van der Waals surface area contributed by atoms with E-state index >= 15 is 0 Å². The molecular weight excluding hydrogens is 369 g/mol. The highest BCUT2D eigenvalue weighted by atomic mass is 19.1. The van der Waals surface area contributed by atoms with Gasteiger partial charge in [-0.05, 0) is 54.9 Å². The van der Waals surface area contributed by atoms with Crippen molar-refractivity contribution in [3.63, 3.8) is 0 Å². The first-order valence-corrected chi connectivity index (χ1v) is 10.1. The van der Waals surface area contributed by atoms with Crippen LogP contribution in [0.1, 0.15) is 30.4 Å². The van der Waals surface area contributed by atoms with Crippen molar-refractivity contribution in [3.05, 3.63) is 65.5 Å². The number of carbonyl (C=O) groups is 2. The zero-order valence-electron chi connectivity index (χ0n) is 16.8. The number of anilines is 1. The number of halogens is 1. The highest BCUT2D eigenvalue weighted by Gasteiger charge is 2.23. The lowest BCUT2D eigenvalue weighted by atomic mass is 9.90. The predicted molar refractivity (Wildman–Crippen MR) is 112 cm³/mol. The molecule has 0 bridgehead atoms. The summed E-state index contributed by atoms with van der Waals surface area (Å²) < 4.78 is 13.7. The number of piperidine rings is 1. The fourth-order valence-electron chi connectivity index (χ4n) is 3.66. The van der Waals surface area contributed by atoms with E-state index < -0.39 is 5.82 Å². The maximum absolute atomic E-state index is 13.7. The van der Waals surface area contributed by atoms with Crippen LogP contribution in [-0.4, -0.2) is 37.0 Å². The summed E-state index contributed by atoms with van der Waals surface area (Å²) in [7, 11) is 1.65. The van der Waals surface area contributed by atoms with Crippen LogP contribution < -0.4 is 10.6 Å². The van der Waals surface area contributed by atoms with Gasteiger partial charge in [0.25, 0.3) is 0 Å². The molecule has 29 heavy (non-hydrogen) atoms.